The first-order valence-electron chi connectivity index (χ1n) is 5.86. The minimum atomic E-state index is -1.03. The molecule has 6 heteroatoms. The zero-order chi connectivity index (χ0) is 14.4. The maximum atomic E-state index is 11.2. The molecule has 0 saturated heterocycles. The van der Waals surface area contributed by atoms with Crippen molar-refractivity contribution in [3.05, 3.63) is 23.8 Å². The fourth-order valence-corrected chi connectivity index (χ4v) is 1.74. The van der Waals surface area contributed by atoms with Gasteiger partial charge in [0.15, 0.2) is 0 Å². The van der Waals surface area contributed by atoms with Gasteiger partial charge in [-0.1, -0.05) is 0 Å². The average molecular weight is 266 g/mol. The highest BCUT2D eigenvalue weighted by Gasteiger charge is 2.14. The average Bonchev–Trinajstić information content (AvgIpc) is 2.38. The van der Waals surface area contributed by atoms with Crippen LogP contribution in [0.2, 0.25) is 0 Å². The Morgan fingerprint density at radius 2 is 2.11 bits per heavy atom. The molecular weight excluding hydrogens is 248 g/mol. The van der Waals surface area contributed by atoms with Gasteiger partial charge in [0.25, 0.3) is 0 Å². The van der Waals surface area contributed by atoms with Crippen LogP contribution in [0.4, 0.5) is 11.4 Å². The molecule has 0 radical (unpaired) electrons. The van der Waals surface area contributed by atoms with E-state index in [1.807, 2.05) is 0 Å². The smallest absolute Gasteiger partial charge is 0.337 e. The van der Waals surface area contributed by atoms with Crippen LogP contribution in [0.1, 0.15) is 23.2 Å². The summed E-state index contributed by atoms with van der Waals surface area (Å²) in [6, 6.07) is 4.74. The van der Waals surface area contributed by atoms with Crippen molar-refractivity contribution in [1.29, 1.82) is 0 Å². The zero-order valence-corrected chi connectivity index (χ0v) is 11.0. The first-order valence-corrected chi connectivity index (χ1v) is 5.86. The molecule has 0 heterocycles. The number of nitrogens with zero attached hydrogens (tertiary/aromatic N) is 1. The van der Waals surface area contributed by atoms with E-state index in [0.29, 0.717) is 30.8 Å². The minimum absolute atomic E-state index is 0.153. The molecular formula is C13H18N2O4. The van der Waals surface area contributed by atoms with Crippen molar-refractivity contribution >= 4 is 23.3 Å². The molecule has 0 aromatic heterocycles. The van der Waals surface area contributed by atoms with Crippen molar-refractivity contribution in [1.82, 2.24) is 0 Å². The monoisotopic (exact) mass is 266 g/mol. The van der Waals surface area contributed by atoms with Crippen molar-refractivity contribution in [2.45, 2.75) is 12.8 Å². The van der Waals surface area contributed by atoms with E-state index in [2.05, 4.69) is 4.74 Å². The molecule has 0 aliphatic heterocycles. The van der Waals surface area contributed by atoms with E-state index in [9.17, 15) is 9.59 Å². The number of anilines is 2. The number of carboxylic acid groups (broad SMARTS) is 1. The normalized spacial score (nSPS) is 10.0. The molecule has 19 heavy (non-hydrogen) atoms. The molecule has 0 aliphatic carbocycles. The van der Waals surface area contributed by atoms with E-state index in [-0.39, 0.29) is 11.5 Å². The summed E-state index contributed by atoms with van der Waals surface area (Å²) in [4.78, 5) is 23.9. The molecule has 0 unspecified atom stereocenters. The Labute approximate surface area is 111 Å². The Morgan fingerprint density at radius 3 is 2.68 bits per heavy atom. The predicted octanol–water partition coefficient (Wildman–Crippen LogP) is 1.36. The lowest BCUT2D eigenvalue weighted by molar-refractivity contribution is -0.140. The molecule has 1 rings (SSSR count). The fourth-order valence-electron chi connectivity index (χ4n) is 1.74. The number of hydrogen-bond donors (Lipinski definition) is 2. The largest absolute Gasteiger partial charge is 0.478 e. The first-order chi connectivity index (χ1) is 8.95. The van der Waals surface area contributed by atoms with Crippen LogP contribution in [0.25, 0.3) is 0 Å². The summed E-state index contributed by atoms with van der Waals surface area (Å²) in [5, 5.41) is 9.13. The van der Waals surface area contributed by atoms with Crippen LogP contribution in [0, 0.1) is 0 Å². The third-order valence-corrected chi connectivity index (χ3v) is 2.76. The van der Waals surface area contributed by atoms with Gasteiger partial charge in [0.05, 0.1) is 18.4 Å². The second-order valence-electron chi connectivity index (χ2n) is 4.18. The summed E-state index contributed by atoms with van der Waals surface area (Å²) >= 11 is 0. The molecule has 0 spiro atoms. The number of nitrogens with two attached hydrogens (primary N) is 1. The summed E-state index contributed by atoms with van der Waals surface area (Å²) in [5.74, 6) is -1.30. The van der Waals surface area contributed by atoms with Gasteiger partial charge in [-0.2, -0.15) is 0 Å². The van der Waals surface area contributed by atoms with Crippen LogP contribution in [0.15, 0.2) is 18.2 Å². The van der Waals surface area contributed by atoms with Gasteiger partial charge in [0.1, 0.15) is 0 Å². The standard InChI is InChI=1S/C13H18N2O4/c1-15(7-3-4-12(16)19-2)11-6-5-9(14)8-10(11)13(17)18/h5-6,8H,3-4,7,14H2,1-2H3,(H,17,18). The van der Waals surface area contributed by atoms with Gasteiger partial charge >= 0.3 is 11.9 Å². The van der Waals surface area contributed by atoms with E-state index in [1.54, 1.807) is 24.1 Å². The lowest BCUT2D eigenvalue weighted by Gasteiger charge is -2.21. The highest BCUT2D eigenvalue weighted by atomic mass is 16.5. The Balaban J connectivity index is 2.73. The van der Waals surface area contributed by atoms with E-state index in [4.69, 9.17) is 10.8 Å². The number of carboxylic acids is 1. The third kappa shape index (κ3) is 4.17. The highest BCUT2D eigenvalue weighted by Crippen LogP contribution is 2.22. The van der Waals surface area contributed by atoms with Gasteiger partial charge in [0, 0.05) is 25.7 Å². The van der Waals surface area contributed by atoms with Crippen LogP contribution in [-0.2, 0) is 9.53 Å². The van der Waals surface area contributed by atoms with Crippen LogP contribution in [0.5, 0.6) is 0 Å². The third-order valence-electron chi connectivity index (χ3n) is 2.76. The Bertz CT molecular complexity index is 474. The SMILES string of the molecule is COC(=O)CCCN(C)c1ccc(N)cc1C(=O)O. The second kappa shape index (κ2) is 6.63. The number of nitrogen functional groups attached to an aromatic ring is 1. The summed E-state index contributed by atoms with van der Waals surface area (Å²) in [6.45, 7) is 0.555. The number of rotatable bonds is 6. The van der Waals surface area contributed by atoms with Gasteiger partial charge < -0.3 is 20.5 Å². The molecule has 0 amide bonds. The summed E-state index contributed by atoms with van der Waals surface area (Å²) in [5.41, 5.74) is 6.72. The van der Waals surface area contributed by atoms with Gasteiger partial charge in [-0.05, 0) is 24.6 Å². The number of ether oxygens (including phenoxy) is 1. The molecule has 1 aromatic carbocycles. The second-order valence-corrected chi connectivity index (χ2v) is 4.18. The molecule has 0 saturated carbocycles. The quantitative estimate of drug-likeness (QED) is 0.596. The molecule has 6 nitrogen and oxygen atoms in total. The highest BCUT2D eigenvalue weighted by molar-refractivity contribution is 5.95. The van der Waals surface area contributed by atoms with Crippen molar-refractivity contribution in [2.75, 3.05) is 31.3 Å². The number of methoxy groups -OCH3 is 1. The molecule has 3 N–H and O–H groups in total. The maximum absolute atomic E-state index is 11.2. The van der Waals surface area contributed by atoms with Crippen LogP contribution >= 0.6 is 0 Å². The molecule has 0 fully saturated rings. The number of aromatic carboxylic acids is 1. The first kappa shape index (κ1) is 14.8. The van der Waals surface area contributed by atoms with Crippen LogP contribution in [0.3, 0.4) is 0 Å². The van der Waals surface area contributed by atoms with Crippen molar-refractivity contribution in [3.8, 4) is 0 Å². The number of hydrogen-bond acceptors (Lipinski definition) is 5. The number of carbonyl (C=O) groups is 2. The van der Waals surface area contributed by atoms with Gasteiger partial charge in [0.2, 0.25) is 0 Å². The Kier molecular flexibility index (Phi) is 5.17. The van der Waals surface area contributed by atoms with Gasteiger partial charge in [-0.15, -0.1) is 0 Å². The topological polar surface area (TPSA) is 92.9 Å². The van der Waals surface area contributed by atoms with E-state index in [0.717, 1.165) is 0 Å². The lowest BCUT2D eigenvalue weighted by Crippen LogP contribution is -2.22. The summed E-state index contributed by atoms with van der Waals surface area (Å²) in [6.07, 6.45) is 0.894. The zero-order valence-electron chi connectivity index (χ0n) is 11.0. The molecule has 1 aromatic rings. The van der Waals surface area contributed by atoms with Crippen molar-refractivity contribution < 1.29 is 19.4 Å². The lowest BCUT2D eigenvalue weighted by atomic mass is 10.1. The van der Waals surface area contributed by atoms with Crippen LogP contribution < -0.4 is 10.6 Å². The Hall–Kier alpha value is -2.24. The number of esters is 1. The summed E-state index contributed by atoms with van der Waals surface area (Å²) in [7, 11) is 3.11. The fraction of sp³-hybridized carbons (Fsp3) is 0.385. The van der Waals surface area contributed by atoms with Crippen molar-refractivity contribution in [2.24, 2.45) is 0 Å². The molecule has 0 aliphatic rings. The minimum Gasteiger partial charge on any atom is -0.478 e. The van der Waals surface area contributed by atoms with E-state index in [1.165, 1.54) is 13.2 Å². The number of carbonyl (C=O) groups excluding carboxylic acids is 1. The Morgan fingerprint density at radius 1 is 1.42 bits per heavy atom. The van der Waals surface area contributed by atoms with Gasteiger partial charge in [-0.25, -0.2) is 4.79 Å². The van der Waals surface area contributed by atoms with Crippen LogP contribution in [-0.4, -0.2) is 37.7 Å². The molecule has 0 bridgehead atoms. The van der Waals surface area contributed by atoms with E-state index >= 15 is 0 Å². The molecule has 104 valence electrons. The van der Waals surface area contributed by atoms with E-state index < -0.39 is 5.97 Å². The van der Waals surface area contributed by atoms with Gasteiger partial charge in [-0.3, -0.25) is 4.79 Å². The maximum Gasteiger partial charge on any atom is 0.337 e. The predicted molar refractivity (Wildman–Crippen MR) is 72.3 cm³/mol. The molecule has 0 atom stereocenters. The number of benzene rings is 1. The van der Waals surface area contributed by atoms with Crippen molar-refractivity contribution in [3.63, 3.8) is 0 Å². The summed E-state index contributed by atoms with van der Waals surface area (Å²) < 4.78 is 4.55.